The topological polar surface area (TPSA) is 77.8 Å². The van der Waals surface area contributed by atoms with Crippen LogP contribution in [0.1, 0.15) is 19.7 Å². The zero-order valence-electron chi connectivity index (χ0n) is 10.8. The van der Waals surface area contributed by atoms with Gasteiger partial charge < -0.3 is 10.3 Å². The fourth-order valence-electron chi connectivity index (χ4n) is 1.81. The summed E-state index contributed by atoms with van der Waals surface area (Å²) in [4.78, 5) is 8.61. The lowest BCUT2D eigenvalue weighted by atomic mass is 10.1. The standard InChI is InChI=1S/C14H14N4O/c1-14(2,15)13-17-12(19-18-13)10-5-6-11-9(8-10)4-3-7-16-11/h3-8H,15H2,1-2H3. The number of hydrogen-bond donors (Lipinski definition) is 1. The molecular formula is C14H14N4O. The first-order chi connectivity index (χ1) is 9.04. The largest absolute Gasteiger partial charge is 0.334 e. The van der Waals surface area contributed by atoms with Gasteiger partial charge in [-0.2, -0.15) is 4.98 Å². The molecule has 0 spiro atoms. The molecule has 0 aliphatic heterocycles. The van der Waals surface area contributed by atoms with E-state index in [0.29, 0.717) is 11.7 Å². The molecule has 2 heterocycles. The molecule has 19 heavy (non-hydrogen) atoms. The molecule has 0 saturated heterocycles. The summed E-state index contributed by atoms with van der Waals surface area (Å²) in [5.74, 6) is 0.966. The van der Waals surface area contributed by atoms with Crippen molar-refractivity contribution in [2.45, 2.75) is 19.4 Å². The van der Waals surface area contributed by atoms with E-state index in [4.69, 9.17) is 10.3 Å². The SMILES string of the molecule is CC(C)(N)c1noc(-c2ccc3ncccc3c2)n1. The normalized spacial score (nSPS) is 11.9. The van der Waals surface area contributed by atoms with Gasteiger partial charge in [-0.15, -0.1) is 0 Å². The number of rotatable bonds is 2. The zero-order valence-corrected chi connectivity index (χ0v) is 10.8. The van der Waals surface area contributed by atoms with E-state index in [-0.39, 0.29) is 0 Å². The monoisotopic (exact) mass is 254 g/mol. The van der Waals surface area contributed by atoms with Gasteiger partial charge in [0.1, 0.15) is 0 Å². The zero-order chi connectivity index (χ0) is 13.5. The molecule has 1 aromatic carbocycles. The molecule has 0 radical (unpaired) electrons. The van der Waals surface area contributed by atoms with E-state index in [2.05, 4.69) is 15.1 Å². The van der Waals surface area contributed by atoms with E-state index >= 15 is 0 Å². The van der Waals surface area contributed by atoms with Crippen molar-refractivity contribution in [1.82, 2.24) is 15.1 Å². The summed E-state index contributed by atoms with van der Waals surface area (Å²) < 4.78 is 5.26. The van der Waals surface area contributed by atoms with Crippen LogP contribution in [0.5, 0.6) is 0 Å². The molecule has 0 amide bonds. The van der Waals surface area contributed by atoms with Gasteiger partial charge in [-0.1, -0.05) is 11.2 Å². The lowest BCUT2D eigenvalue weighted by Crippen LogP contribution is -2.30. The van der Waals surface area contributed by atoms with Gasteiger partial charge in [-0.25, -0.2) is 0 Å². The Kier molecular flexibility index (Phi) is 2.57. The van der Waals surface area contributed by atoms with Gasteiger partial charge in [0.2, 0.25) is 0 Å². The maximum absolute atomic E-state index is 5.94. The minimum Gasteiger partial charge on any atom is -0.334 e. The summed E-state index contributed by atoms with van der Waals surface area (Å²) in [5.41, 5.74) is 7.13. The number of nitrogens with zero attached hydrogens (tertiary/aromatic N) is 3. The first kappa shape index (κ1) is 11.8. The number of pyridine rings is 1. The molecule has 3 rings (SSSR count). The van der Waals surface area contributed by atoms with E-state index in [1.54, 1.807) is 6.20 Å². The van der Waals surface area contributed by atoms with E-state index in [0.717, 1.165) is 16.5 Å². The van der Waals surface area contributed by atoms with E-state index < -0.39 is 5.54 Å². The highest BCUT2D eigenvalue weighted by atomic mass is 16.5. The predicted molar refractivity (Wildman–Crippen MR) is 72.2 cm³/mol. The lowest BCUT2D eigenvalue weighted by molar-refractivity contribution is 0.397. The van der Waals surface area contributed by atoms with Crippen molar-refractivity contribution in [1.29, 1.82) is 0 Å². The first-order valence-corrected chi connectivity index (χ1v) is 6.02. The van der Waals surface area contributed by atoms with Crippen molar-refractivity contribution in [3.63, 3.8) is 0 Å². The van der Waals surface area contributed by atoms with Gasteiger partial charge in [0.25, 0.3) is 5.89 Å². The maximum atomic E-state index is 5.94. The van der Waals surface area contributed by atoms with E-state index in [9.17, 15) is 0 Å². The molecule has 96 valence electrons. The van der Waals surface area contributed by atoms with Crippen LogP contribution in [0.3, 0.4) is 0 Å². The molecule has 3 aromatic rings. The quantitative estimate of drug-likeness (QED) is 0.760. The fraction of sp³-hybridized carbons (Fsp3) is 0.214. The molecule has 0 atom stereocenters. The Balaban J connectivity index is 2.07. The van der Waals surface area contributed by atoms with Crippen LogP contribution in [0.4, 0.5) is 0 Å². The molecule has 0 aliphatic rings. The Morgan fingerprint density at radius 2 is 2.05 bits per heavy atom. The molecular weight excluding hydrogens is 240 g/mol. The van der Waals surface area contributed by atoms with Crippen LogP contribution in [0.15, 0.2) is 41.1 Å². The van der Waals surface area contributed by atoms with Gasteiger partial charge in [0.05, 0.1) is 11.1 Å². The molecule has 5 nitrogen and oxygen atoms in total. The van der Waals surface area contributed by atoms with Gasteiger partial charge >= 0.3 is 0 Å². The van der Waals surface area contributed by atoms with Gasteiger partial charge in [0.15, 0.2) is 5.82 Å². The summed E-state index contributed by atoms with van der Waals surface area (Å²) in [6, 6.07) is 9.71. The maximum Gasteiger partial charge on any atom is 0.258 e. The van der Waals surface area contributed by atoms with Crippen molar-refractivity contribution in [3.8, 4) is 11.5 Å². The Bertz CT molecular complexity index is 727. The molecule has 0 saturated carbocycles. The highest BCUT2D eigenvalue weighted by Gasteiger charge is 2.22. The minimum atomic E-state index is -0.611. The summed E-state index contributed by atoms with van der Waals surface area (Å²) in [6.45, 7) is 3.68. The molecule has 0 aliphatic carbocycles. The summed E-state index contributed by atoms with van der Waals surface area (Å²) in [6.07, 6.45) is 1.77. The van der Waals surface area contributed by atoms with Crippen LogP contribution in [0.2, 0.25) is 0 Å². The predicted octanol–water partition coefficient (Wildman–Crippen LogP) is 2.48. The van der Waals surface area contributed by atoms with Crippen LogP contribution >= 0.6 is 0 Å². The third kappa shape index (κ3) is 2.20. The van der Waals surface area contributed by atoms with E-state index in [1.165, 1.54) is 0 Å². The molecule has 0 bridgehead atoms. The third-order valence-electron chi connectivity index (χ3n) is 2.85. The second-order valence-electron chi connectivity index (χ2n) is 5.06. The number of hydrogen-bond acceptors (Lipinski definition) is 5. The average Bonchev–Trinajstić information content (AvgIpc) is 2.87. The summed E-state index contributed by atoms with van der Waals surface area (Å²) in [5, 5.41) is 4.95. The Labute approximate surface area is 110 Å². The number of aromatic nitrogens is 3. The van der Waals surface area contributed by atoms with Crippen LogP contribution in [-0.2, 0) is 5.54 Å². The van der Waals surface area contributed by atoms with Gasteiger partial charge in [-0.3, -0.25) is 4.98 Å². The third-order valence-corrected chi connectivity index (χ3v) is 2.85. The average molecular weight is 254 g/mol. The Morgan fingerprint density at radius 1 is 1.21 bits per heavy atom. The first-order valence-electron chi connectivity index (χ1n) is 6.02. The Hall–Kier alpha value is -2.27. The number of benzene rings is 1. The molecule has 5 heteroatoms. The molecule has 0 fully saturated rings. The molecule has 0 unspecified atom stereocenters. The Morgan fingerprint density at radius 3 is 2.79 bits per heavy atom. The van der Waals surface area contributed by atoms with Crippen LogP contribution in [-0.4, -0.2) is 15.1 Å². The van der Waals surface area contributed by atoms with Crippen molar-refractivity contribution < 1.29 is 4.52 Å². The highest BCUT2D eigenvalue weighted by molar-refractivity contribution is 5.82. The van der Waals surface area contributed by atoms with Crippen molar-refractivity contribution >= 4 is 10.9 Å². The summed E-state index contributed by atoms with van der Waals surface area (Å²) in [7, 11) is 0. The minimum absolute atomic E-state index is 0.472. The van der Waals surface area contributed by atoms with Crippen LogP contribution in [0.25, 0.3) is 22.4 Å². The fourth-order valence-corrected chi connectivity index (χ4v) is 1.81. The number of nitrogens with two attached hydrogens (primary N) is 1. The van der Waals surface area contributed by atoms with Crippen molar-refractivity contribution in [2.24, 2.45) is 5.73 Å². The summed E-state index contributed by atoms with van der Waals surface area (Å²) >= 11 is 0. The molecule has 2 N–H and O–H groups in total. The van der Waals surface area contributed by atoms with Crippen LogP contribution < -0.4 is 5.73 Å². The van der Waals surface area contributed by atoms with Crippen LogP contribution in [0, 0.1) is 0 Å². The second-order valence-corrected chi connectivity index (χ2v) is 5.06. The highest BCUT2D eigenvalue weighted by Crippen LogP contribution is 2.23. The second kappa shape index (κ2) is 4.13. The van der Waals surface area contributed by atoms with Crippen molar-refractivity contribution in [2.75, 3.05) is 0 Å². The smallest absolute Gasteiger partial charge is 0.258 e. The molecule has 2 aromatic heterocycles. The van der Waals surface area contributed by atoms with Gasteiger partial charge in [0, 0.05) is 17.1 Å². The van der Waals surface area contributed by atoms with E-state index in [1.807, 2.05) is 44.2 Å². The van der Waals surface area contributed by atoms with Gasteiger partial charge in [-0.05, 0) is 38.1 Å². The lowest BCUT2D eigenvalue weighted by Gasteiger charge is -2.11. The number of fused-ring (bicyclic) bond motifs is 1. The van der Waals surface area contributed by atoms with Crippen molar-refractivity contribution in [3.05, 3.63) is 42.4 Å².